The molecule has 1 saturated heterocycles. The largest absolute Gasteiger partial charge is 0.411 e. The molecule has 150 valence electrons. The van der Waals surface area contributed by atoms with Gasteiger partial charge < -0.3 is 14.2 Å². The van der Waals surface area contributed by atoms with Crippen molar-refractivity contribution in [1.82, 2.24) is 15.1 Å². The van der Waals surface area contributed by atoms with Crippen molar-refractivity contribution in [2.45, 2.75) is 12.1 Å². The number of anilines is 1. The first-order valence-corrected chi connectivity index (χ1v) is 10.4. The third-order valence-corrected chi connectivity index (χ3v) is 5.62. The second-order valence-electron chi connectivity index (χ2n) is 6.88. The van der Waals surface area contributed by atoms with Gasteiger partial charge in [-0.25, -0.2) is 4.39 Å². The Labute approximate surface area is 172 Å². The van der Waals surface area contributed by atoms with E-state index in [-0.39, 0.29) is 17.5 Å². The number of amides is 1. The second kappa shape index (κ2) is 8.65. The molecule has 2 aromatic carbocycles. The highest BCUT2D eigenvalue weighted by atomic mass is 32.2. The van der Waals surface area contributed by atoms with Crippen molar-refractivity contribution in [3.8, 4) is 11.5 Å². The number of aromatic nitrogens is 2. The summed E-state index contributed by atoms with van der Waals surface area (Å²) in [4.78, 5) is 16.5. The number of benzene rings is 2. The normalized spacial score (nSPS) is 14.3. The van der Waals surface area contributed by atoms with Gasteiger partial charge in [0, 0.05) is 37.4 Å². The number of carbonyl (C=O) groups excluding carboxylic acids is 1. The van der Waals surface area contributed by atoms with E-state index in [0.29, 0.717) is 24.2 Å². The molecule has 0 aliphatic carbocycles. The highest BCUT2D eigenvalue weighted by Crippen LogP contribution is 2.24. The van der Waals surface area contributed by atoms with Crippen LogP contribution < -0.4 is 4.90 Å². The van der Waals surface area contributed by atoms with Gasteiger partial charge in [-0.15, -0.1) is 10.2 Å². The molecule has 0 N–H and O–H groups in total. The van der Waals surface area contributed by atoms with E-state index in [1.54, 1.807) is 12.1 Å². The zero-order valence-electron chi connectivity index (χ0n) is 16.0. The van der Waals surface area contributed by atoms with Crippen molar-refractivity contribution >= 4 is 23.4 Å². The Hall–Kier alpha value is -2.87. The van der Waals surface area contributed by atoms with Gasteiger partial charge in [-0.3, -0.25) is 4.79 Å². The smallest absolute Gasteiger partial charge is 0.277 e. The number of piperazine rings is 1. The van der Waals surface area contributed by atoms with Gasteiger partial charge in [0.05, 0.1) is 5.75 Å². The summed E-state index contributed by atoms with van der Waals surface area (Å²) in [6, 6.07) is 14.3. The highest BCUT2D eigenvalue weighted by Gasteiger charge is 2.22. The van der Waals surface area contributed by atoms with Crippen molar-refractivity contribution < 1.29 is 13.6 Å². The van der Waals surface area contributed by atoms with E-state index < -0.39 is 0 Å². The van der Waals surface area contributed by atoms with Crippen LogP contribution in [0.1, 0.15) is 5.56 Å². The fourth-order valence-electron chi connectivity index (χ4n) is 3.24. The van der Waals surface area contributed by atoms with Gasteiger partial charge in [-0.05, 0) is 43.3 Å². The van der Waals surface area contributed by atoms with E-state index in [0.717, 1.165) is 29.9 Å². The van der Waals surface area contributed by atoms with E-state index in [2.05, 4.69) is 15.1 Å². The molecule has 0 atom stereocenters. The predicted molar refractivity (Wildman–Crippen MR) is 110 cm³/mol. The summed E-state index contributed by atoms with van der Waals surface area (Å²) in [6.45, 7) is 4.72. The molecule has 4 rings (SSSR count). The van der Waals surface area contributed by atoms with Crippen LogP contribution in [0.15, 0.2) is 58.2 Å². The number of thioether (sulfide) groups is 1. The standard InChI is InChI=1S/C21H21FN4O2S/c1-15-3-2-4-16(13-15)20-23-24-21(28-20)29-14-19(27)26-11-9-25(10-12-26)18-7-5-17(22)6-8-18/h2-8,13H,9-12,14H2,1H3. The maximum Gasteiger partial charge on any atom is 0.277 e. The third kappa shape index (κ3) is 4.76. The summed E-state index contributed by atoms with van der Waals surface area (Å²) in [5.41, 5.74) is 2.96. The fourth-order valence-corrected chi connectivity index (χ4v) is 3.91. The molecule has 2 heterocycles. The molecule has 0 unspecified atom stereocenters. The molecule has 0 spiro atoms. The van der Waals surface area contributed by atoms with Crippen LogP contribution in [-0.4, -0.2) is 52.9 Å². The SMILES string of the molecule is Cc1cccc(-c2nnc(SCC(=O)N3CCN(c4ccc(F)cc4)CC3)o2)c1. The first-order chi connectivity index (χ1) is 14.1. The van der Waals surface area contributed by atoms with Gasteiger partial charge in [0.25, 0.3) is 5.22 Å². The monoisotopic (exact) mass is 412 g/mol. The number of carbonyl (C=O) groups is 1. The maximum absolute atomic E-state index is 13.1. The lowest BCUT2D eigenvalue weighted by molar-refractivity contribution is -0.128. The van der Waals surface area contributed by atoms with Gasteiger partial charge >= 0.3 is 0 Å². The molecule has 29 heavy (non-hydrogen) atoms. The molecule has 8 heteroatoms. The fraction of sp³-hybridized carbons (Fsp3) is 0.286. The quantitative estimate of drug-likeness (QED) is 0.597. The van der Waals surface area contributed by atoms with E-state index in [9.17, 15) is 9.18 Å². The number of aryl methyl sites for hydroxylation is 1. The first kappa shape index (κ1) is 19.4. The Morgan fingerprint density at radius 3 is 2.59 bits per heavy atom. The summed E-state index contributed by atoms with van der Waals surface area (Å²) >= 11 is 1.25. The van der Waals surface area contributed by atoms with Crippen molar-refractivity contribution in [2.75, 3.05) is 36.8 Å². The lowest BCUT2D eigenvalue weighted by Gasteiger charge is -2.36. The van der Waals surface area contributed by atoms with E-state index in [1.807, 2.05) is 36.1 Å². The van der Waals surface area contributed by atoms with Crippen LogP contribution in [0, 0.1) is 12.7 Å². The van der Waals surface area contributed by atoms with Gasteiger partial charge in [0.2, 0.25) is 11.8 Å². The van der Waals surface area contributed by atoms with Crippen molar-refractivity contribution in [3.63, 3.8) is 0 Å². The van der Waals surface area contributed by atoms with E-state index in [1.165, 1.54) is 23.9 Å². The number of halogens is 1. The van der Waals surface area contributed by atoms with Crippen LogP contribution >= 0.6 is 11.8 Å². The Bertz CT molecular complexity index is 984. The molecule has 1 aliphatic rings. The van der Waals surface area contributed by atoms with E-state index in [4.69, 9.17) is 4.42 Å². The van der Waals surface area contributed by atoms with Gasteiger partial charge in [-0.1, -0.05) is 29.5 Å². The minimum absolute atomic E-state index is 0.0454. The van der Waals surface area contributed by atoms with Crippen molar-refractivity contribution in [3.05, 3.63) is 59.9 Å². The summed E-state index contributed by atoms with van der Waals surface area (Å²) in [5, 5.41) is 8.50. The zero-order chi connectivity index (χ0) is 20.2. The zero-order valence-corrected chi connectivity index (χ0v) is 16.9. The molecular weight excluding hydrogens is 391 g/mol. The van der Waals surface area contributed by atoms with Crippen LogP contribution in [-0.2, 0) is 4.79 Å². The summed E-state index contributed by atoms with van der Waals surface area (Å²) in [5.74, 6) is 0.512. The number of hydrogen-bond acceptors (Lipinski definition) is 6. The van der Waals surface area contributed by atoms with Crippen LogP contribution in [0.5, 0.6) is 0 Å². The van der Waals surface area contributed by atoms with Crippen molar-refractivity contribution in [2.24, 2.45) is 0 Å². The predicted octanol–water partition coefficient (Wildman–Crippen LogP) is 3.63. The highest BCUT2D eigenvalue weighted by molar-refractivity contribution is 7.99. The molecule has 6 nitrogen and oxygen atoms in total. The molecule has 0 saturated carbocycles. The number of rotatable bonds is 5. The lowest BCUT2D eigenvalue weighted by Crippen LogP contribution is -2.49. The number of nitrogens with zero attached hydrogens (tertiary/aromatic N) is 4. The topological polar surface area (TPSA) is 62.5 Å². The molecule has 1 aromatic heterocycles. The molecule has 3 aromatic rings. The Morgan fingerprint density at radius 1 is 1.10 bits per heavy atom. The molecule has 0 bridgehead atoms. The van der Waals surface area contributed by atoms with E-state index >= 15 is 0 Å². The maximum atomic E-state index is 13.1. The summed E-state index contributed by atoms with van der Waals surface area (Å²) in [7, 11) is 0. The minimum Gasteiger partial charge on any atom is -0.411 e. The molecular formula is C21H21FN4O2S. The van der Waals surface area contributed by atoms with Gasteiger partial charge in [0.1, 0.15) is 5.82 Å². The average molecular weight is 412 g/mol. The van der Waals surface area contributed by atoms with Crippen LogP contribution in [0.25, 0.3) is 11.5 Å². The van der Waals surface area contributed by atoms with Crippen LogP contribution in [0.4, 0.5) is 10.1 Å². The van der Waals surface area contributed by atoms with Gasteiger partial charge in [-0.2, -0.15) is 0 Å². The lowest BCUT2D eigenvalue weighted by atomic mass is 10.1. The van der Waals surface area contributed by atoms with Crippen LogP contribution in [0.3, 0.4) is 0 Å². The number of hydrogen-bond donors (Lipinski definition) is 0. The van der Waals surface area contributed by atoms with Gasteiger partial charge in [0.15, 0.2) is 0 Å². The van der Waals surface area contributed by atoms with Crippen LogP contribution in [0.2, 0.25) is 0 Å². The summed E-state index contributed by atoms with van der Waals surface area (Å²) < 4.78 is 18.7. The Kier molecular flexibility index (Phi) is 5.80. The summed E-state index contributed by atoms with van der Waals surface area (Å²) in [6.07, 6.45) is 0. The minimum atomic E-state index is -0.244. The Morgan fingerprint density at radius 2 is 1.86 bits per heavy atom. The molecule has 1 fully saturated rings. The first-order valence-electron chi connectivity index (χ1n) is 9.40. The molecule has 1 aliphatic heterocycles. The van der Waals surface area contributed by atoms with Crippen molar-refractivity contribution in [1.29, 1.82) is 0 Å². The third-order valence-electron chi connectivity index (χ3n) is 4.81. The second-order valence-corrected chi connectivity index (χ2v) is 7.80. The molecule has 1 amide bonds. The molecule has 0 radical (unpaired) electrons. The average Bonchev–Trinajstić information content (AvgIpc) is 3.22. The Balaban J connectivity index is 1.28.